The molecular formula is C16H18N4O4. The van der Waals surface area contributed by atoms with E-state index in [9.17, 15) is 5.11 Å². The summed E-state index contributed by atoms with van der Waals surface area (Å²) < 4.78 is 16.4. The molecule has 0 fully saturated rings. The van der Waals surface area contributed by atoms with Crippen LogP contribution in [0.15, 0.2) is 22.7 Å². The summed E-state index contributed by atoms with van der Waals surface area (Å²) in [5, 5.41) is 10.2. The van der Waals surface area contributed by atoms with Crippen molar-refractivity contribution in [2.75, 3.05) is 25.7 Å². The van der Waals surface area contributed by atoms with Crippen LogP contribution >= 0.6 is 0 Å². The second kappa shape index (κ2) is 6.25. The molecule has 0 spiro atoms. The number of furan rings is 1. The number of nitrogens with zero attached hydrogens (tertiary/aromatic N) is 2. The molecule has 24 heavy (non-hydrogen) atoms. The van der Waals surface area contributed by atoms with Gasteiger partial charge >= 0.3 is 0 Å². The van der Waals surface area contributed by atoms with Crippen LogP contribution < -0.4 is 20.9 Å². The lowest BCUT2D eigenvalue weighted by molar-refractivity contribution is 0.250. The first-order chi connectivity index (χ1) is 11.6. The summed E-state index contributed by atoms with van der Waals surface area (Å²) in [6, 6.07) is 3.61. The Kier molecular flexibility index (Phi) is 4.13. The van der Waals surface area contributed by atoms with Gasteiger partial charge in [-0.15, -0.1) is 0 Å². The van der Waals surface area contributed by atoms with Gasteiger partial charge in [0.15, 0.2) is 11.3 Å². The highest BCUT2D eigenvalue weighted by molar-refractivity contribution is 5.90. The van der Waals surface area contributed by atoms with Gasteiger partial charge < -0.3 is 30.5 Å². The van der Waals surface area contributed by atoms with Gasteiger partial charge in [-0.05, 0) is 17.7 Å². The molecule has 2 heterocycles. The quantitative estimate of drug-likeness (QED) is 0.641. The van der Waals surface area contributed by atoms with Crippen molar-refractivity contribution in [1.82, 2.24) is 9.97 Å². The monoisotopic (exact) mass is 330 g/mol. The Bertz CT molecular complexity index is 891. The van der Waals surface area contributed by atoms with E-state index in [2.05, 4.69) is 9.97 Å². The zero-order valence-corrected chi connectivity index (χ0v) is 13.4. The summed E-state index contributed by atoms with van der Waals surface area (Å²) in [5.41, 5.74) is 13.6. The standard InChI is InChI=1S/C16H18N4O4/c1-22-12-4-8(3-9-6-19-16(18)20-15(9)17)11-5-10(7-21)24-13(11)14(12)23-2/h4-6,21H,3,7H2,1-2H3,(H4,17,18,19,20). The number of methoxy groups -OCH3 is 2. The van der Waals surface area contributed by atoms with Crippen molar-refractivity contribution in [2.45, 2.75) is 13.0 Å². The predicted octanol–water partition coefficient (Wildman–Crippen LogP) is 1.49. The summed E-state index contributed by atoms with van der Waals surface area (Å²) in [6.07, 6.45) is 2.04. The van der Waals surface area contributed by atoms with Gasteiger partial charge in [0.25, 0.3) is 0 Å². The maximum absolute atomic E-state index is 9.36. The predicted molar refractivity (Wildman–Crippen MR) is 88.9 cm³/mol. The summed E-state index contributed by atoms with van der Waals surface area (Å²) in [7, 11) is 3.08. The second-order valence-corrected chi connectivity index (χ2v) is 5.20. The molecule has 0 atom stereocenters. The van der Waals surface area contributed by atoms with Crippen LogP contribution in [0.1, 0.15) is 16.9 Å². The van der Waals surface area contributed by atoms with Crippen LogP contribution in [0.3, 0.4) is 0 Å². The SMILES string of the molecule is COc1cc(Cc2cnc(N)nc2N)c2cc(CO)oc2c1OC. The van der Waals surface area contributed by atoms with E-state index in [4.69, 9.17) is 25.4 Å². The third-order valence-electron chi connectivity index (χ3n) is 3.74. The fraction of sp³-hybridized carbons (Fsp3) is 0.250. The number of rotatable bonds is 5. The number of aromatic nitrogens is 2. The molecule has 0 aliphatic heterocycles. The normalized spacial score (nSPS) is 11.0. The lowest BCUT2D eigenvalue weighted by atomic mass is 10.0. The summed E-state index contributed by atoms with van der Waals surface area (Å²) in [5.74, 6) is 1.86. The Morgan fingerprint density at radius 3 is 2.58 bits per heavy atom. The Balaban J connectivity index is 2.17. The molecule has 0 bridgehead atoms. The molecule has 126 valence electrons. The Labute approximate surface area is 138 Å². The third kappa shape index (κ3) is 2.67. The number of aliphatic hydroxyl groups excluding tert-OH is 1. The molecule has 8 heteroatoms. The average molecular weight is 330 g/mol. The van der Waals surface area contributed by atoms with Crippen LogP contribution in [-0.4, -0.2) is 29.3 Å². The molecule has 0 radical (unpaired) electrons. The van der Waals surface area contributed by atoms with Crippen molar-refractivity contribution in [3.63, 3.8) is 0 Å². The number of benzene rings is 1. The van der Waals surface area contributed by atoms with Crippen molar-refractivity contribution in [3.05, 3.63) is 35.2 Å². The lowest BCUT2D eigenvalue weighted by Crippen LogP contribution is -2.04. The Morgan fingerprint density at radius 1 is 1.17 bits per heavy atom. The van der Waals surface area contributed by atoms with Crippen LogP contribution in [0.4, 0.5) is 11.8 Å². The number of ether oxygens (including phenoxy) is 2. The largest absolute Gasteiger partial charge is 0.493 e. The average Bonchev–Trinajstić information content (AvgIpc) is 3.01. The molecule has 2 aromatic heterocycles. The molecule has 0 aliphatic rings. The minimum Gasteiger partial charge on any atom is -0.493 e. The van der Waals surface area contributed by atoms with Crippen molar-refractivity contribution >= 4 is 22.7 Å². The highest BCUT2D eigenvalue weighted by Gasteiger charge is 2.19. The highest BCUT2D eigenvalue weighted by Crippen LogP contribution is 2.40. The van der Waals surface area contributed by atoms with Gasteiger partial charge in [0.05, 0.1) is 14.2 Å². The minimum absolute atomic E-state index is 0.125. The zero-order chi connectivity index (χ0) is 17.3. The van der Waals surface area contributed by atoms with E-state index in [0.717, 1.165) is 16.5 Å². The number of aliphatic hydroxyl groups is 1. The van der Waals surface area contributed by atoms with Gasteiger partial charge in [-0.25, -0.2) is 4.98 Å². The number of nitrogens with two attached hydrogens (primary N) is 2. The molecule has 0 saturated carbocycles. The van der Waals surface area contributed by atoms with E-state index in [-0.39, 0.29) is 12.6 Å². The number of hydrogen-bond donors (Lipinski definition) is 3. The topological polar surface area (TPSA) is 130 Å². The minimum atomic E-state index is -0.216. The van der Waals surface area contributed by atoms with Crippen LogP contribution in [0, 0.1) is 0 Å². The second-order valence-electron chi connectivity index (χ2n) is 5.20. The molecule has 3 aromatic rings. The van der Waals surface area contributed by atoms with Gasteiger partial charge in [0.1, 0.15) is 18.2 Å². The number of fused-ring (bicyclic) bond motifs is 1. The van der Waals surface area contributed by atoms with Gasteiger partial charge in [-0.3, -0.25) is 0 Å². The molecular weight excluding hydrogens is 312 g/mol. The maximum Gasteiger partial charge on any atom is 0.221 e. The first kappa shape index (κ1) is 15.9. The van der Waals surface area contributed by atoms with E-state index in [1.54, 1.807) is 19.4 Å². The molecule has 5 N–H and O–H groups in total. The first-order valence-corrected chi connectivity index (χ1v) is 7.21. The smallest absolute Gasteiger partial charge is 0.221 e. The fourth-order valence-corrected chi connectivity index (χ4v) is 2.61. The maximum atomic E-state index is 9.36. The molecule has 0 unspecified atom stereocenters. The summed E-state index contributed by atoms with van der Waals surface area (Å²) in [4.78, 5) is 7.95. The number of nitrogen functional groups attached to an aromatic ring is 2. The zero-order valence-electron chi connectivity index (χ0n) is 13.4. The van der Waals surface area contributed by atoms with Crippen LogP contribution in [-0.2, 0) is 13.0 Å². The number of anilines is 2. The number of hydrogen-bond acceptors (Lipinski definition) is 8. The van der Waals surface area contributed by atoms with Crippen molar-refractivity contribution in [1.29, 1.82) is 0 Å². The molecule has 0 amide bonds. The highest BCUT2D eigenvalue weighted by atomic mass is 16.5. The van der Waals surface area contributed by atoms with Crippen LogP contribution in [0.25, 0.3) is 11.0 Å². The molecule has 1 aromatic carbocycles. The van der Waals surface area contributed by atoms with Crippen LogP contribution in [0.5, 0.6) is 11.5 Å². The molecule has 0 aliphatic carbocycles. The van der Waals surface area contributed by atoms with Gasteiger partial charge in [-0.1, -0.05) is 0 Å². The van der Waals surface area contributed by atoms with E-state index in [1.807, 2.05) is 6.07 Å². The van der Waals surface area contributed by atoms with Crippen LogP contribution in [0.2, 0.25) is 0 Å². The van der Waals surface area contributed by atoms with Crippen molar-refractivity contribution in [2.24, 2.45) is 0 Å². The fourth-order valence-electron chi connectivity index (χ4n) is 2.61. The van der Waals surface area contributed by atoms with Crippen molar-refractivity contribution < 1.29 is 19.0 Å². The first-order valence-electron chi connectivity index (χ1n) is 7.21. The Hall–Kier alpha value is -3.00. The molecule has 0 saturated heterocycles. The molecule has 3 rings (SSSR count). The van der Waals surface area contributed by atoms with E-state index in [1.165, 1.54) is 7.11 Å². The Morgan fingerprint density at radius 2 is 1.96 bits per heavy atom. The summed E-state index contributed by atoms with van der Waals surface area (Å²) >= 11 is 0. The van der Waals surface area contributed by atoms with Gasteiger partial charge in [0, 0.05) is 23.6 Å². The van der Waals surface area contributed by atoms with Gasteiger partial charge in [-0.2, -0.15) is 4.98 Å². The summed E-state index contributed by atoms with van der Waals surface area (Å²) in [6.45, 7) is -0.216. The lowest BCUT2D eigenvalue weighted by Gasteiger charge is -2.12. The third-order valence-corrected chi connectivity index (χ3v) is 3.74. The van der Waals surface area contributed by atoms with E-state index < -0.39 is 0 Å². The van der Waals surface area contributed by atoms with E-state index >= 15 is 0 Å². The molecule has 8 nitrogen and oxygen atoms in total. The van der Waals surface area contributed by atoms with Gasteiger partial charge in [0.2, 0.25) is 11.7 Å². The van der Waals surface area contributed by atoms with E-state index in [0.29, 0.717) is 35.1 Å². The van der Waals surface area contributed by atoms with Crippen molar-refractivity contribution in [3.8, 4) is 11.5 Å².